The fourth-order valence-corrected chi connectivity index (χ4v) is 3.23. The van der Waals surface area contributed by atoms with E-state index in [2.05, 4.69) is 10.6 Å². The molecule has 6 heteroatoms. The van der Waals surface area contributed by atoms with Gasteiger partial charge in [0.2, 0.25) is 11.8 Å². The molecule has 0 aromatic heterocycles. The monoisotopic (exact) mass is 398 g/mol. The minimum Gasteiger partial charge on any atom is -0.381 e. The van der Waals surface area contributed by atoms with Crippen LogP contribution in [-0.4, -0.2) is 51.3 Å². The molecule has 0 bridgehead atoms. The van der Waals surface area contributed by atoms with Crippen molar-refractivity contribution in [2.75, 3.05) is 39.5 Å². The number of hydrogen-bond donors (Lipinski definition) is 2. The highest BCUT2D eigenvalue weighted by atomic mass is 16.5. The molecule has 0 saturated carbocycles. The van der Waals surface area contributed by atoms with Gasteiger partial charge in [0.1, 0.15) is 0 Å². The van der Waals surface area contributed by atoms with Crippen molar-refractivity contribution in [2.45, 2.75) is 89.9 Å². The molecule has 0 aromatic rings. The van der Waals surface area contributed by atoms with Gasteiger partial charge < -0.3 is 20.1 Å². The normalized spacial score (nSPS) is 22.7. The first kappa shape index (κ1) is 24.9. The summed E-state index contributed by atoms with van der Waals surface area (Å²) in [6.07, 6.45) is 13.8. The molecule has 164 valence electrons. The van der Waals surface area contributed by atoms with E-state index in [9.17, 15) is 9.59 Å². The second-order valence-corrected chi connectivity index (χ2v) is 7.67. The zero-order valence-corrected chi connectivity index (χ0v) is 17.8. The Morgan fingerprint density at radius 1 is 0.464 bits per heavy atom. The molecule has 1 aliphatic heterocycles. The molecule has 0 radical (unpaired) electrons. The fraction of sp³-hybridized carbons (Fsp3) is 0.909. The third-order valence-electron chi connectivity index (χ3n) is 4.96. The lowest BCUT2D eigenvalue weighted by Gasteiger charge is -2.08. The Kier molecular flexibility index (Phi) is 17.1. The van der Waals surface area contributed by atoms with E-state index in [1.54, 1.807) is 0 Å². The number of rotatable bonds is 0. The average Bonchev–Trinajstić information content (AvgIpc) is 2.69. The van der Waals surface area contributed by atoms with Gasteiger partial charge in [-0.05, 0) is 38.5 Å². The third-order valence-corrected chi connectivity index (χ3v) is 4.96. The van der Waals surface area contributed by atoms with E-state index >= 15 is 0 Å². The van der Waals surface area contributed by atoms with Crippen molar-refractivity contribution in [1.82, 2.24) is 10.6 Å². The van der Waals surface area contributed by atoms with Gasteiger partial charge in [-0.15, -0.1) is 0 Å². The number of carbonyl (C=O) groups excluding carboxylic acids is 2. The molecule has 1 aliphatic rings. The fourth-order valence-electron chi connectivity index (χ4n) is 3.23. The minimum absolute atomic E-state index is 0.153. The van der Waals surface area contributed by atoms with Crippen LogP contribution in [0.15, 0.2) is 0 Å². The second kappa shape index (κ2) is 19.2. The van der Waals surface area contributed by atoms with Crippen LogP contribution in [0.5, 0.6) is 0 Å². The van der Waals surface area contributed by atoms with Gasteiger partial charge in [0.05, 0.1) is 0 Å². The highest BCUT2D eigenvalue weighted by molar-refractivity contribution is 5.76. The molecular formula is C22H42N2O4. The smallest absolute Gasteiger partial charge is 0.219 e. The minimum atomic E-state index is 0.153. The Labute approximate surface area is 171 Å². The van der Waals surface area contributed by atoms with E-state index in [4.69, 9.17) is 9.47 Å². The number of carbonyl (C=O) groups is 2. The van der Waals surface area contributed by atoms with Crippen molar-refractivity contribution in [3.8, 4) is 0 Å². The molecule has 1 fully saturated rings. The molecule has 0 spiro atoms. The van der Waals surface area contributed by atoms with Crippen LogP contribution < -0.4 is 10.6 Å². The van der Waals surface area contributed by atoms with E-state index < -0.39 is 0 Å². The first-order valence-corrected chi connectivity index (χ1v) is 11.5. The summed E-state index contributed by atoms with van der Waals surface area (Å²) >= 11 is 0. The second-order valence-electron chi connectivity index (χ2n) is 7.67. The van der Waals surface area contributed by atoms with Gasteiger partial charge in [-0.25, -0.2) is 0 Å². The van der Waals surface area contributed by atoms with Gasteiger partial charge in [-0.2, -0.15) is 0 Å². The molecule has 0 atom stereocenters. The summed E-state index contributed by atoms with van der Waals surface area (Å²) in [5, 5.41) is 5.94. The number of amides is 2. The maximum atomic E-state index is 11.8. The van der Waals surface area contributed by atoms with Gasteiger partial charge in [0.15, 0.2) is 0 Å². The Morgan fingerprint density at radius 2 is 0.821 bits per heavy atom. The van der Waals surface area contributed by atoms with Crippen molar-refractivity contribution in [1.29, 1.82) is 0 Å². The van der Waals surface area contributed by atoms with Crippen LogP contribution in [-0.2, 0) is 19.1 Å². The van der Waals surface area contributed by atoms with Crippen molar-refractivity contribution in [3.63, 3.8) is 0 Å². The summed E-state index contributed by atoms with van der Waals surface area (Å²) in [5.41, 5.74) is 0. The Morgan fingerprint density at radius 3 is 1.29 bits per heavy atom. The van der Waals surface area contributed by atoms with Gasteiger partial charge in [-0.3, -0.25) is 9.59 Å². The number of nitrogens with one attached hydrogen (secondary N) is 2. The van der Waals surface area contributed by atoms with Crippen LogP contribution in [0.4, 0.5) is 0 Å². The average molecular weight is 399 g/mol. The van der Waals surface area contributed by atoms with Crippen LogP contribution in [0.1, 0.15) is 89.9 Å². The first-order valence-electron chi connectivity index (χ1n) is 11.5. The highest BCUT2D eigenvalue weighted by Gasteiger charge is 2.03. The lowest BCUT2D eigenvalue weighted by molar-refractivity contribution is -0.122. The largest absolute Gasteiger partial charge is 0.381 e. The molecule has 1 heterocycles. The molecule has 2 amide bonds. The van der Waals surface area contributed by atoms with Crippen LogP contribution in [0.3, 0.4) is 0 Å². The maximum Gasteiger partial charge on any atom is 0.219 e. The van der Waals surface area contributed by atoms with E-state index in [1.807, 2.05) is 0 Å². The van der Waals surface area contributed by atoms with E-state index in [-0.39, 0.29) is 11.8 Å². The van der Waals surface area contributed by atoms with Gasteiger partial charge in [0, 0.05) is 52.4 Å². The van der Waals surface area contributed by atoms with E-state index in [0.717, 1.165) is 103 Å². The molecule has 28 heavy (non-hydrogen) atoms. The van der Waals surface area contributed by atoms with Crippen LogP contribution in [0.25, 0.3) is 0 Å². The van der Waals surface area contributed by atoms with Gasteiger partial charge >= 0.3 is 0 Å². The van der Waals surface area contributed by atoms with Crippen molar-refractivity contribution in [3.05, 3.63) is 0 Å². The van der Waals surface area contributed by atoms with Crippen molar-refractivity contribution in [2.24, 2.45) is 0 Å². The molecule has 0 aliphatic carbocycles. The van der Waals surface area contributed by atoms with E-state index in [1.165, 1.54) is 0 Å². The molecule has 1 saturated heterocycles. The van der Waals surface area contributed by atoms with Gasteiger partial charge in [0.25, 0.3) is 0 Å². The standard InChI is InChI=1S/C22H42N2O4/c25-21-13-7-3-1-2-4-8-14-22(26)24-16-12-20-28-18-10-6-5-9-17-27-19-11-15-23-21/h1-20H2,(H,23,25)(H,24,26). The summed E-state index contributed by atoms with van der Waals surface area (Å²) in [6.45, 7) is 4.46. The van der Waals surface area contributed by atoms with Crippen LogP contribution >= 0.6 is 0 Å². The third kappa shape index (κ3) is 17.0. The van der Waals surface area contributed by atoms with Crippen LogP contribution in [0.2, 0.25) is 0 Å². The summed E-state index contributed by atoms with van der Waals surface area (Å²) in [7, 11) is 0. The first-order chi connectivity index (χ1) is 13.8. The molecule has 2 N–H and O–H groups in total. The van der Waals surface area contributed by atoms with E-state index in [0.29, 0.717) is 25.9 Å². The van der Waals surface area contributed by atoms with Gasteiger partial charge in [-0.1, -0.05) is 38.5 Å². The molecule has 6 nitrogen and oxygen atoms in total. The highest BCUT2D eigenvalue weighted by Crippen LogP contribution is 2.08. The molecule has 0 aromatic carbocycles. The zero-order chi connectivity index (χ0) is 20.1. The summed E-state index contributed by atoms with van der Waals surface area (Å²) in [6, 6.07) is 0. The molecular weight excluding hydrogens is 356 g/mol. The SMILES string of the molecule is O=C1CCCCCCCCC(=O)NCCCOCCCCCCOCCCN1. The zero-order valence-electron chi connectivity index (χ0n) is 17.8. The topological polar surface area (TPSA) is 76.7 Å². The van der Waals surface area contributed by atoms with Crippen LogP contribution in [0, 0.1) is 0 Å². The van der Waals surface area contributed by atoms with Crippen molar-refractivity contribution >= 4 is 11.8 Å². The number of hydrogen-bond acceptors (Lipinski definition) is 4. The molecule has 1 rings (SSSR count). The number of ether oxygens (including phenoxy) is 2. The lowest BCUT2D eigenvalue weighted by atomic mass is 10.1. The predicted octanol–water partition coefficient (Wildman–Crippen LogP) is 3.73. The predicted molar refractivity (Wildman–Crippen MR) is 112 cm³/mol. The Balaban J connectivity index is 2.14. The molecule has 0 unspecified atom stereocenters. The lowest BCUT2D eigenvalue weighted by Crippen LogP contribution is -2.25. The van der Waals surface area contributed by atoms with Crippen molar-refractivity contribution < 1.29 is 19.1 Å². The Bertz CT molecular complexity index is 355. The summed E-state index contributed by atoms with van der Waals surface area (Å²) in [4.78, 5) is 23.5. The maximum absolute atomic E-state index is 11.8. The Hall–Kier alpha value is -1.14. The summed E-state index contributed by atoms with van der Waals surface area (Å²) in [5.74, 6) is 0.306. The summed E-state index contributed by atoms with van der Waals surface area (Å²) < 4.78 is 11.2. The quantitative estimate of drug-likeness (QED) is 0.652.